The Bertz CT molecular complexity index is 442. The number of hydrogen-bond donors (Lipinski definition) is 1. The smallest absolute Gasteiger partial charge is 0.244 e. The summed E-state index contributed by atoms with van der Waals surface area (Å²) in [6.07, 6.45) is 3.14. The molecule has 0 bridgehead atoms. The summed E-state index contributed by atoms with van der Waals surface area (Å²) in [6, 6.07) is -0.745. The molecular formula is C14H19Cl6NO2. The number of hydrogen-bond acceptors (Lipinski definition) is 2. The molecule has 3 nitrogen and oxygen atoms in total. The topological polar surface area (TPSA) is 46.2 Å². The lowest BCUT2D eigenvalue weighted by Gasteiger charge is -2.25. The van der Waals surface area contributed by atoms with Gasteiger partial charge in [0.15, 0.2) is 13.4 Å². The van der Waals surface area contributed by atoms with Crippen LogP contribution in [0.1, 0.15) is 33.6 Å². The van der Waals surface area contributed by atoms with Crippen molar-refractivity contribution in [3.05, 3.63) is 12.2 Å². The summed E-state index contributed by atoms with van der Waals surface area (Å²) in [5.41, 5.74) is 0. The minimum Gasteiger partial charge on any atom is -0.343 e. The van der Waals surface area contributed by atoms with E-state index in [9.17, 15) is 9.59 Å². The Morgan fingerprint density at radius 2 is 1.57 bits per heavy atom. The normalized spacial score (nSPS) is 16.9. The number of nitrogens with one attached hydrogen (secondary N) is 1. The molecule has 0 aliphatic rings. The molecule has 0 aliphatic carbocycles. The van der Waals surface area contributed by atoms with Gasteiger partial charge in [-0.2, -0.15) is 0 Å². The second kappa shape index (κ2) is 9.94. The number of Topliss-reactive ketones (excluding diaryl/α,β-unsaturated/α-hetero) is 1. The fraction of sp³-hybridized carbons (Fsp3) is 0.714. The molecule has 0 aliphatic heterocycles. The Labute approximate surface area is 166 Å². The monoisotopic (exact) mass is 443 g/mol. The average Bonchev–Trinajstić information content (AvgIpc) is 2.40. The number of allylic oxidation sites excluding steroid dienone is 1. The predicted octanol–water partition coefficient (Wildman–Crippen LogP) is 5.41. The van der Waals surface area contributed by atoms with E-state index >= 15 is 0 Å². The molecule has 1 amide bonds. The molecule has 134 valence electrons. The van der Waals surface area contributed by atoms with E-state index in [0.717, 1.165) is 0 Å². The molecule has 23 heavy (non-hydrogen) atoms. The quantitative estimate of drug-likeness (QED) is 0.420. The molecular weight excluding hydrogens is 427 g/mol. The van der Waals surface area contributed by atoms with Crippen LogP contribution in [0.15, 0.2) is 12.2 Å². The second-order valence-electron chi connectivity index (χ2n) is 5.25. The number of carbonyl (C=O) groups excluding carboxylic acids is 2. The summed E-state index contributed by atoms with van der Waals surface area (Å²) in [4.78, 5) is 23.9. The van der Waals surface area contributed by atoms with Crippen molar-refractivity contribution in [2.75, 3.05) is 0 Å². The van der Waals surface area contributed by atoms with Crippen LogP contribution in [0, 0.1) is 11.8 Å². The van der Waals surface area contributed by atoms with Crippen molar-refractivity contribution in [1.82, 2.24) is 5.32 Å². The molecule has 0 fully saturated rings. The molecule has 0 radical (unpaired) electrons. The van der Waals surface area contributed by atoms with Crippen molar-refractivity contribution in [2.24, 2.45) is 11.8 Å². The van der Waals surface area contributed by atoms with Crippen LogP contribution in [0.2, 0.25) is 0 Å². The molecule has 3 unspecified atom stereocenters. The maximum absolute atomic E-state index is 12.0. The summed E-state index contributed by atoms with van der Waals surface area (Å²) in [6.45, 7) is 5.04. The van der Waals surface area contributed by atoms with Gasteiger partial charge in [-0.25, -0.2) is 0 Å². The van der Waals surface area contributed by atoms with E-state index in [1.165, 1.54) is 12.2 Å². The number of rotatable bonds is 7. The van der Waals surface area contributed by atoms with Gasteiger partial charge < -0.3 is 5.32 Å². The zero-order valence-electron chi connectivity index (χ0n) is 12.9. The van der Waals surface area contributed by atoms with Crippen LogP contribution in [0.5, 0.6) is 0 Å². The number of ketones is 1. The van der Waals surface area contributed by atoms with E-state index in [-0.39, 0.29) is 18.6 Å². The Balaban J connectivity index is 4.88. The van der Waals surface area contributed by atoms with E-state index in [2.05, 4.69) is 5.32 Å². The highest BCUT2D eigenvalue weighted by atomic mass is 35.6. The lowest BCUT2D eigenvalue weighted by Crippen LogP contribution is -2.42. The molecule has 0 aromatic heterocycles. The fourth-order valence-electron chi connectivity index (χ4n) is 1.57. The summed E-state index contributed by atoms with van der Waals surface area (Å²) >= 11 is 34.6. The van der Waals surface area contributed by atoms with Gasteiger partial charge in [0.2, 0.25) is 5.91 Å². The van der Waals surface area contributed by atoms with Crippen LogP contribution in [0.25, 0.3) is 0 Å². The first-order valence-corrected chi connectivity index (χ1v) is 9.20. The summed E-state index contributed by atoms with van der Waals surface area (Å²) in [7, 11) is 0. The number of alkyl halides is 6. The number of amides is 1. The van der Waals surface area contributed by atoms with Crippen LogP contribution >= 0.6 is 69.6 Å². The van der Waals surface area contributed by atoms with E-state index in [0.29, 0.717) is 0 Å². The first-order valence-electron chi connectivity index (χ1n) is 6.93. The summed E-state index contributed by atoms with van der Waals surface area (Å²) in [5.74, 6) is -1.52. The lowest BCUT2D eigenvalue weighted by molar-refractivity contribution is -0.125. The number of carbonyl (C=O) groups is 2. The van der Waals surface area contributed by atoms with Crippen molar-refractivity contribution in [1.29, 1.82) is 0 Å². The van der Waals surface area contributed by atoms with Crippen molar-refractivity contribution in [3.8, 4) is 0 Å². The Morgan fingerprint density at radius 3 is 1.96 bits per heavy atom. The fourth-order valence-corrected chi connectivity index (χ4v) is 2.05. The number of halogens is 6. The second-order valence-corrected chi connectivity index (χ2v) is 9.99. The Hall–Kier alpha value is 0.620. The first kappa shape index (κ1) is 23.6. The van der Waals surface area contributed by atoms with Gasteiger partial charge >= 0.3 is 0 Å². The molecule has 0 rings (SSSR count). The maximum Gasteiger partial charge on any atom is 0.244 e. The molecule has 3 atom stereocenters. The largest absolute Gasteiger partial charge is 0.343 e. The molecule has 0 aromatic rings. The lowest BCUT2D eigenvalue weighted by atomic mass is 9.98. The van der Waals surface area contributed by atoms with Crippen LogP contribution in [-0.2, 0) is 9.59 Å². The highest BCUT2D eigenvalue weighted by Gasteiger charge is 2.33. The van der Waals surface area contributed by atoms with Crippen LogP contribution in [0.3, 0.4) is 0 Å². The minimum atomic E-state index is -1.52. The van der Waals surface area contributed by atoms with Gasteiger partial charge in [-0.1, -0.05) is 96.5 Å². The van der Waals surface area contributed by atoms with E-state index in [4.69, 9.17) is 69.6 Å². The van der Waals surface area contributed by atoms with Gasteiger partial charge in [0.25, 0.3) is 0 Å². The Kier molecular flexibility index (Phi) is 10.2. The molecule has 0 saturated carbocycles. The highest BCUT2D eigenvalue weighted by Crippen LogP contribution is 2.37. The van der Waals surface area contributed by atoms with Crippen molar-refractivity contribution < 1.29 is 9.59 Å². The van der Waals surface area contributed by atoms with Crippen molar-refractivity contribution in [3.63, 3.8) is 0 Å². The third-order valence-electron chi connectivity index (χ3n) is 3.25. The summed E-state index contributed by atoms with van der Waals surface area (Å²) in [5, 5.41) is 2.60. The van der Waals surface area contributed by atoms with Crippen LogP contribution in [0.4, 0.5) is 0 Å². The van der Waals surface area contributed by atoms with Gasteiger partial charge in [-0.15, -0.1) is 0 Å². The zero-order valence-corrected chi connectivity index (χ0v) is 17.4. The third-order valence-corrected chi connectivity index (χ3v) is 5.40. The van der Waals surface area contributed by atoms with Crippen LogP contribution in [-0.4, -0.2) is 25.3 Å². The first-order chi connectivity index (χ1) is 10.3. The third kappa shape index (κ3) is 9.62. The molecule has 1 N–H and O–H groups in total. The van der Waals surface area contributed by atoms with E-state index < -0.39 is 31.4 Å². The van der Waals surface area contributed by atoms with Crippen LogP contribution < -0.4 is 5.32 Å². The molecule has 0 spiro atoms. The molecule has 9 heteroatoms. The van der Waals surface area contributed by atoms with Gasteiger partial charge in [0, 0.05) is 18.3 Å². The van der Waals surface area contributed by atoms with Gasteiger partial charge in [0.1, 0.15) is 0 Å². The zero-order chi connectivity index (χ0) is 18.4. The van der Waals surface area contributed by atoms with E-state index in [1.54, 1.807) is 20.8 Å². The summed E-state index contributed by atoms with van der Waals surface area (Å²) < 4.78 is -3.03. The minimum absolute atomic E-state index is 0.151. The Morgan fingerprint density at radius 1 is 1.04 bits per heavy atom. The SMILES string of the molecule is CCC(=O)C(CC(C)C(Cl)(Cl)Cl)NC(=O)C=CC(C)C(Cl)(Cl)Cl. The standard InChI is InChI=1S/C14H19Cl6NO2/c1-4-11(22)10(7-9(3)14(18,19)20)21-12(23)6-5-8(2)13(15,16)17/h5-6,8-10H,4,7H2,1-3H3,(H,21,23). The van der Waals surface area contributed by atoms with Crippen molar-refractivity contribution in [2.45, 2.75) is 47.2 Å². The van der Waals surface area contributed by atoms with Gasteiger partial charge in [0.05, 0.1) is 6.04 Å². The molecule has 0 aromatic carbocycles. The van der Waals surface area contributed by atoms with Crippen molar-refractivity contribution >= 4 is 81.3 Å². The maximum atomic E-state index is 12.0. The average molecular weight is 446 g/mol. The van der Waals surface area contributed by atoms with Gasteiger partial charge in [-0.05, 0) is 12.5 Å². The molecule has 0 heterocycles. The molecule has 0 saturated heterocycles. The highest BCUT2D eigenvalue weighted by molar-refractivity contribution is 6.68. The predicted molar refractivity (Wildman–Crippen MR) is 99.9 cm³/mol. The van der Waals surface area contributed by atoms with E-state index in [1.807, 2.05) is 0 Å². The van der Waals surface area contributed by atoms with Gasteiger partial charge in [-0.3, -0.25) is 9.59 Å².